The van der Waals surface area contributed by atoms with E-state index in [0.717, 1.165) is 5.56 Å². The fourth-order valence-corrected chi connectivity index (χ4v) is 2.70. The quantitative estimate of drug-likeness (QED) is 0.599. The monoisotopic (exact) mass is 434 g/mol. The lowest BCUT2D eigenvalue weighted by molar-refractivity contribution is -0.134. The molecule has 0 aromatic heterocycles. The van der Waals surface area contributed by atoms with Crippen molar-refractivity contribution in [1.82, 2.24) is 10.6 Å². The van der Waals surface area contributed by atoms with E-state index in [0.29, 0.717) is 28.8 Å². The highest BCUT2D eigenvalue weighted by Gasteiger charge is 2.29. The molecule has 0 aliphatic carbocycles. The van der Waals surface area contributed by atoms with Crippen LogP contribution in [-0.2, 0) is 16.1 Å². The molecule has 7 nitrogen and oxygen atoms in total. The van der Waals surface area contributed by atoms with Gasteiger partial charge in [-0.2, -0.15) is 0 Å². The first-order valence-electron chi connectivity index (χ1n) is 9.54. The van der Waals surface area contributed by atoms with Gasteiger partial charge in [0, 0.05) is 18.1 Å². The molecule has 0 radical (unpaired) electrons. The molecule has 30 heavy (non-hydrogen) atoms. The van der Waals surface area contributed by atoms with Crippen molar-refractivity contribution in [1.29, 1.82) is 0 Å². The molecular weight excluding hydrogens is 408 g/mol. The molecule has 0 aliphatic heterocycles. The fraction of sp³-hybridized carbons (Fsp3) is 0.364. The van der Waals surface area contributed by atoms with Gasteiger partial charge in [0.25, 0.3) is 11.8 Å². The van der Waals surface area contributed by atoms with Gasteiger partial charge in [-0.3, -0.25) is 9.59 Å². The Morgan fingerprint density at radius 2 is 1.73 bits per heavy atom. The Morgan fingerprint density at radius 1 is 1.03 bits per heavy atom. The molecule has 0 aliphatic rings. The summed E-state index contributed by atoms with van der Waals surface area (Å²) < 4.78 is 16.6. The highest BCUT2D eigenvalue weighted by Crippen LogP contribution is 2.28. The van der Waals surface area contributed by atoms with Crippen LogP contribution in [-0.4, -0.2) is 37.7 Å². The number of likely N-dealkylation sites (N-methyl/N-ethyl adjacent to an activating group) is 1. The van der Waals surface area contributed by atoms with Gasteiger partial charge in [0.05, 0.1) is 7.11 Å². The highest BCUT2D eigenvalue weighted by molar-refractivity contribution is 6.30. The van der Waals surface area contributed by atoms with Gasteiger partial charge in [0.2, 0.25) is 0 Å². The molecule has 0 heterocycles. The molecule has 0 spiro atoms. The van der Waals surface area contributed by atoms with Crippen LogP contribution in [0.25, 0.3) is 0 Å². The van der Waals surface area contributed by atoms with Crippen molar-refractivity contribution >= 4 is 23.4 Å². The van der Waals surface area contributed by atoms with Crippen LogP contribution in [0.3, 0.4) is 0 Å². The van der Waals surface area contributed by atoms with Gasteiger partial charge in [0.1, 0.15) is 5.75 Å². The number of amides is 2. The number of carbonyl (C=O) groups excluding carboxylic acids is 2. The third kappa shape index (κ3) is 6.84. The summed E-state index contributed by atoms with van der Waals surface area (Å²) in [7, 11) is 1.51. The van der Waals surface area contributed by atoms with Crippen LogP contribution in [0.15, 0.2) is 42.5 Å². The molecule has 162 valence electrons. The molecule has 2 rings (SSSR count). The SMILES string of the molecule is CCNC(=O)COc1ccc(CNC(=O)C(C)(C)Oc2ccc(Cl)cc2)cc1OC. The van der Waals surface area contributed by atoms with Crippen molar-refractivity contribution in [2.24, 2.45) is 0 Å². The van der Waals surface area contributed by atoms with Crippen LogP contribution in [0.1, 0.15) is 26.3 Å². The average molecular weight is 435 g/mol. The molecule has 0 saturated carbocycles. The van der Waals surface area contributed by atoms with E-state index in [-0.39, 0.29) is 25.0 Å². The minimum atomic E-state index is -1.08. The molecule has 0 bridgehead atoms. The van der Waals surface area contributed by atoms with E-state index >= 15 is 0 Å². The van der Waals surface area contributed by atoms with Crippen LogP contribution in [0.2, 0.25) is 5.02 Å². The minimum Gasteiger partial charge on any atom is -0.493 e. The average Bonchev–Trinajstić information content (AvgIpc) is 2.72. The predicted molar refractivity (Wildman–Crippen MR) is 115 cm³/mol. The Hall–Kier alpha value is -2.93. The number of rotatable bonds is 10. The van der Waals surface area contributed by atoms with E-state index in [9.17, 15) is 9.59 Å². The van der Waals surface area contributed by atoms with Gasteiger partial charge < -0.3 is 24.8 Å². The lowest BCUT2D eigenvalue weighted by Gasteiger charge is -2.25. The van der Waals surface area contributed by atoms with Crippen molar-refractivity contribution in [3.63, 3.8) is 0 Å². The van der Waals surface area contributed by atoms with Crippen molar-refractivity contribution in [3.8, 4) is 17.2 Å². The van der Waals surface area contributed by atoms with Crippen LogP contribution >= 0.6 is 11.6 Å². The Morgan fingerprint density at radius 3 is 2.37 bits per heavy atom. The van der Waals surface area contributed by atoms with Gasteiger partial charge >= 0.3 is 0 Å². The number of halogens is 1. The molecule has 2 amide bonds. The number of ether oxygens (including phenoxy) is 3. The third-order valence-electron chi connectivity index (χ3n) is 4.15. The van der Waals surface area contributed by atoms with Gasteiger partial charge in [0.15, 0.2) is 23.7 Å². The summed E-state index contributed by atoms with van der Waals surface area (Å²) in [6.07, 6.45) is 0. The van der Waals surface area contributed by atoms with Gasteiger partial charge in [-0.15, -0.1) is 0 Å². The zero-order chi connectivity index (χ0) is 22.1. The molecule has 2 N–H and O–H groups in total. The first kappa shape index (κ1) is 23.3. The summed E-state index contributed by atoms with van der Waals surface area (Å²) in [5.41, 5.74) is -0.263. The second kappa shape index (κ2) is 10.7. The summed E-state index contributed by atoms with van der Waals surface area (Å²) in [6.45, 7) is 5.93. The smallest absolute Gasteiger partial charge is 0.263 e. The summed E-state index contributed by atoms with van der Waals surface area (Å²) in [4.78, 5) is 24.2. The fourth-order valence-electron chi connectivity index (χ4n) is 2.57. The summed E-state index contributed by atoms with van der Waals surface area (Å²) in [6, 6.07) is 12.1. The molecular formula is C22H27ClN2O5. The lowest BCUT2D eigenvalue weighted by Crippen LogP contribution is -2.46. The van der Waals surface area contributed by atoms with Crippen LogP contribution in [0.5, 0.6) is 17.2 Å². The molecule has 2 aromatic rings. The van der Waals surface area contributed by atoms with Crippen LogP contribution in [0.4, 0.5) is 0 Å². The standard InChI is InChI=1S/C22H27ClN2O5/c1-5-24-20(26)14-29-18-11-6-15(12-19(18)28-4)13-25-21(27)22(2,3)30-17-9-7-16(23)8-10-17/h6-12H,5,13-14H2,1-4H3,(H,24,26)(H,25,27). The maximum absolute atomic E-state index is 12.6. The number of benzene rings is 2. The second-order valence-corrected chi connectivity index (χ2v) is 7.41. The topological polar surface area (TPSA) is 85.9 Å². The Bertz CT molecular complexity index is 868. The number of nitrogens with one attached hydrogen (secondary N) is 2. The zero-order valence-corrected chi connectivity index (χ0v) is 18.3. The highest BCUT2D eigenvalue weighted by atomic mass is 35.5. The second-order valence-electron chi connectivity index (χ2n) is 6.98. The lowest BCUT2D eigenvalue weighted by atomic mass is 10.1. The number of carbonyl (C=O) groups is 2. The predicted octanol–water partition coefficient (Wildman–Crippen LogP) is 3.34. The normalized spacial score (nSPS) is 10.8. The van der Waals surface area contributed by atoms with E-state index in [4.69, 9.17) is 25.8 Å². The van der Waals surface area contributed by atoms with E-state index in [2.05, 4.69) is 10.6 Å². The summed E-state index contributed by atoms with van der Waals surface area (Å²) in [5.74, 6) is 0.995. The first-order chi connectivity index (χ1) is 14.2. The molecule has 0 unspecified atom stereocenters. The van der Waals surface area contributed by atoms with E-state index < -0.39 is 5.60 Å². The van der Waals surface area contributed by atoms with Crippen LogP contribution < -0.4 is 24.8 Å². The Balaban J connectivity index is 1.96. The van der Waals surface area contributed by atoms with Gasteiger partial charge in [-0.25, -0.2) is 0 Å². The molecule has 0 saturated heterocycles. The maximum atomic E-state index is 12.6. The zero-order valence-electron chi connectivity index (χ0n) is 17.6. The van der Waals surface area contributed by atoms with Gasteiger partial charge in [-0.1, -0.05) is 17.7 Å². The maximum Gasteiger partial charge on any atom is 0.263 e. The van der Waals surface area contributed by atoms with Crippen molar-refractivity contribution in [2.45, 2.75) is 32.9 Å². The molecule has 0 atom stereocenters. The van der Waals surface area contributed by atoms with Crippen LogP contribution in [0, 0.1) is 0 Å². The summed E-state index contributed by atoms with van der Waals surface area (Å²) >= 11 is 5.87. The van der Waals surface area contributed by atoms with Crippen molar-refractivity contribution in [2.75, 3.05) is 20.3 Å². The first-order valence-corrected chi connectivity index (χ1v) is 9.92. The van der Waals surface area contributed by atoms with E-state index in [1.54, 1.807) is 56.3 Å². The largest absolute Gasteiger partial charge is 0.493 e. The number of methoxy groups -OCH3 is 1. The molecule has 0 fully saturated rings. The van der Waals surface area contributed by atoms with E-state index in [1.807, 2.05) is 6.92 Å². The Kier molecular flexibility index (Phi) is 8.35. The van der Waals surface area contributed by atoms with Crippen molar-refractivity contribution in [3.05, 3.63) is 53.1 Å². The van der Waals surface area contributed by atoms with Crippen molar-refractivity contribution < 1.29 is 23.8 Å². The number of hydrogen-bond donors (Lipinski definition) is 2. The number of hydrogen-bond acceptors (Lipinski definition) is 5. The molecule has 8 heteroatoms. The summed E-state index contributed by atoms with van der Waals surface area (Å²) in [5, 5.41) is 6.11. The molecule has 2 aromatic carbocycles. The third-order valence-corrected chi connectivity index (χ3v) is 4.40. The van der Waals surface area contributed by atoms with Gasteiger partial charge in [-0.05, 0) is 62.7 Å². The minimum absolute atomic E-state index is 0.101. The Labute approximate surface area is 181 Å². The van der Waals surface area contributed by atoms with E-state index in [1.165, 1.54) is 7.11 Å².